The highest BCUT2D eigenvalue weighted by atomic mass is 14.9. The molecule has 0 bridgehead atoms. The largest absolute Gasteiger partial charge is 0.383 e. The van der Waals surface area contributed by atoms with Crippen LogP contribution in [0.1, 0.15) is 11.1 Å². The predicted octanol–water partition coefficient (Wildman–Crippen LogP) is 1.00. The summed E-state index contributed by atoms with van der Waals surface area (Å²) in [5.41, 5.74) is 14.8. The minimum absolute atomic E-state index is 0.0239. The molecule has 0 aliphatic heterocycles. The zero-order valence-electron chi connectivity index (χ0n) is 8.88. The Labute approximate surface area is 85.5 Å². The average Bonchev–Trinajstić information content (AvgIpc) is 2.12. The molecule has 78 valence electrons. The van der Waals surface area contributed by atoms with Crippen LogP contribution in [0.3, 0.4) is 0 Å². The molecule has 0 saturated carbocycles. The quantitative estimate of drug-likeness (QED) is 0.668. The molecule has 3 heteroatoms. The monoisotopic (exact) mass is 193 g/mol. The van der Waals surface area contributed by atoms with Gasteiger partial charge < -0.3 is 16.8 Å². The summed E-state index contributed by atoms with van der Waals surface area (Å²) < 4.78 is 0. The first-order chi connectivity index (χ1) is 6.61. The van der Waals surface area contributed by atoms with E-state index in [0.29, 0.717) is 6.54 Å². The first-order valence-corrected chi connectivity index (χ1v) is 4.89. The maximum atomic E-state index is 5.71. The van der Waals surface area contributed by atoms with Gasteiger partial charge in [-0.1, -0.05) is 6.07 Å². The molecule has 0 spiro atoms. The fourth-order valence-corrected chi connectivity index (χ4v) is 1.41. The molecule has 1 unspecified atom stereocenters. The van der Waals surface area contributed by atoms with E-state index in [0.717, 1.165) is 12.2 Å². The summed E-state index contributed by atoms with van der Waals surface area (Å²) in [5, 5.41) is 3.27. The summed E-state index contributed by atoms with van der Waals surface area (Å²) in [6.07, 6.45) is 0. The highest BCUT2D eigenvalue weighted by molar-refractivity contribution is 5.48. The molecule has 5 N–H and O–H groups in total. The zero-order valence-corrected chi connectivity index (χ0v) is 8.88. The number of benzene rings is 1. The van der Waals surface area contributed by atoms with E-state index in [1.807, 2.05) is 0 Å². The predicted molar refractivity (Wildman–Crippen MR) is 61.4 cm³/mol. The fourth-order valence-electron chi connectivity index (χ4n) is 1.41. The minimum Gasteiger partial charge on any atom is -0.383 e. The Kier molecular flexibility index (Phi) is 3.92. The molecule has 14 heavy (non-hydrogen) atoms. The van der Waals surface area contributed by atoms with Crippen LogP contribution in [0.25, 0.3) is 0 Å². The Balaban J connectivity index is 2.58. The number of hydrogen-bond donors (Lipinski definition) is 3. The summed E-state index contributed by atoms with van der Waals surface area (Å²) in [6.45, 7) is 5.40. The van der Waals surface area contributed by atoms with Crippen molar-refractivity contribution in [1.29, 1.82) is 0 Å². The molecule has 3 nitrogen and oxygen atoms in total. The van der Waals surface area contributed by atoms with E-state index >= 15 is 0 Å². The summed E-state index contributed by atoms with van der Waals surface area (Å²) in [6, 6.07) is 6.39. The van der Waals surface area contributed by atoms with Gasteiger partial charge in [0.15, 0.2) is 0 Å². The number of anilines is 1. The lowest BCUT2D eigenvalue weighted by molar-refractivity contribution is 0.713. The molecule has 0 fully saturated rings. The van der Waals surface area contributed by atoms with Crippen LogP contribution < -0.4 is 16.8 Å². The highest BCUT2D eigenvalue weighted by Gasteiger charge is 1.99. The maximum absolute atomic E-state index is 5.71. The normalized spacial score (nSPS) is 12.6. The Bertz CT molecular complexity index is 276. The zero-order chi connectivity index (χ0) is 10.6. The fraction of sp³-hybridized carbons (Fsp3) is 0.455. The first-order valence-electron chi connectivity index (χ1n) is 4.89. The summed E-state index contributed by atoms with van der Waals surface area (Å²) in [4.78, 5) is 0. The van der Waals surface area contributed by atoms with Gasteiger partial charge in [-0.3, -0.25) is 0 Å². The first kappa shape index (κ1) is 11.0. The Hall–Kier alpha value is -1.06. The van der Waals surface area contributed by atoms with E-state index in [1.165, 1.54) is 11.1 Å². The van der Waals surface area contributed by atoms with E-state index in [9.17, 15) is 0 Å². The lowest BCUT2D eigenvalue weighted by Crippen LogP contribution is -2.36. The third-order valence-electron chi connectivity index (χ3n) is 2.09. The summed E-state index contributed by atoms with van der Waals surface area (Å²) >= 11 is 0. The molecule has 0 aromatic heterocycles. The van der Waals surface area contributed by atoms with Gasteiger partial charge in [-0.25, -0.2) is 0 Å². The number of nitrogens with one attached hydrogen (secondary N) is 1. The maximum Gasteiger partial charge on any atom is 0.0346 e. The third kappa shape index (κ3) is 3.36. The number of aryl methyl sites for hydroxylation is 2. The molecule has 1 aromatic rings. The van der Waals surface area contributed by atoms with Crippen LogP contribution in [-0.2, 0) is 0 Å². The number of hydrogen-bond acceptors (Lipinski definition) is 3. The standard InChI is InChI=1S/C11H19N3/c1-8-3-9(2)5-11(4-8)14-7-10(13)6-12/h3-5,10,14H,6-7,12-13H2,1-2H3. The molecule has 0 radical (unpaired) electrons. The molecule has 1 atom stereocenters. The van der Waals surface area contributed by atoms with Crippen molar-refractivity contribution in [3.8, 4) is 0 Å². The van der Waals surface area contributed by atoms with E-state index in [-0.39, 0.29) is 6.04 Å². The van der Waals surface area contributed by atoms with Gasteiger partial charge in [0.25, 0.3) is 0 Å². The number of rotatable bonds is 4. The van der Waals surface area contributed by atoms with Crippen LogP contribution in [0, 0.1) is 13.8 Å². The molecular formula is C11H19N3. The van der Waals surface area contributed by atoms with Crippen molar-refractivity contribution in [3.63, 3.8) is 0 Å². The van der Waals surface area contributed by atoms with Crippen molar-refractivity contribution >= 4 is 5.69 Å². The van der Waals surface area contributed by atoms with Gasteiger partial charge >= 0.3 is 0 Å². The van der Waals surface area contributed by atoms with Gasteiger partial charge in [0.2, 0.25) is 0 Å². The molecule has 1 aromatic carbocycles. The molecule has 0 aliphatic rings. The van der Waals surface area contributed by atoms with Gasteiger partial charge in [0.1, 0.15) is 0 Å². The second kappa shape index (κ2) is 4.98. The lowest BCUT2D eigenvalue weighted by atomic mass is 10.1. The molecule has 0 saturated heterocycles. The highest BCUT2D eigenvalue weighted by Crippen LogP contribution is 2.13. The van der Waals surface area contributed by atoms with Crippen molar-refractivity contribution in [2.24, 2.45) is 11.5 Å². The van der Waals surface area contributed by atoms with Crippen LogP contribution in [0.5, 0.6) is 0 Å². The lowest BCUT2D eigenvalue weighted by Gasteiger charge is -2.12. The van der Waals surface area contributed by atoms with Crippen molar-refractivity contribution in [1.82, 2.24) is 0 Å². The van der Waals surface area contributed by atoms with E-state index < -0.39 is 0 Å². The van der Waals surface area contributed by atoms with E-state index in [2.05, 4.69) is 37.4 Å². The van der Waals surface area contributed by atoms with E-state index in [1.54, 1.807) is 0 Å². The van der Waals surface area contributed by atoms with Crippen LogP contribution in [0.4, 0.5) is 5.69 Å². The number of nitrogens with two attached hydrogens (primary N) is 2. The third-order valence-corrected chi connectivity index (χ3v) is 2.09. The summed E-state index contributed by atoms with van der Waals surface area (Å²) in [5.74, 6) is 0. The van der Waals surface area contributed by atoms with Crippen molar-refractivity contribution in [2.75, 3.05) is 18.4 Å². The SMILES string of the molecule is Cc1cc(C)cc(NCC(N)CN)c1. The molecule has 0 heterocycles. The minimum atomic E-state index is 0.0239. The van der Waals surface area contributed by atoms with E-state index in [4.69, 9.17) is 11.5 Å². The van der Waals surface area contributed by atoms with Gasteiger partial charge in [-0.05, 0) is 37.1 Å². The van der Waals surface area contributed by atoms with Crippen LogP contribution in [0.2, 0.25) is 0 Å². The van der Waals surface area contributed by atoms with Gasteiger partial charge in [-0.15, -0.1) is 0 Å². The van der Waals surface area contributed by atoms with Crippen molar-refractivity contribution in [3.05, 3.63) is 29.3 Å². The Morgan fingerprint density at radius 1 is 1.21 bits per heavy atom. The molecule has 1 rings (SSSR count). The molecule has 0 aliphatic carbocycles. The van der Waals surface area contributed by atoms with Gasteiger partial charge in [0, 0.05) is 24.8 Å². The Morgan fingerprint density at radius 3 is 2.29 bits per heavy atom. The topological polar surface area (TPSA) is 64.1 Å². The second-order valence-corrected chi connectivity index (χ2v) is 3.75. The molecular weight excluding hydrogens is 174 g/mol. The van der Waals surface area contributed by atoms with Crippen molar-refractivity contribution in [2.45, 2.75) is 19.9 Å². The van der Waals surface area contributed by atoms with Crippen molar-refractivity contribution < 1.29 is 0 Å². The van der Waals surface area contributed by atoms with Crippen LogP contribution >= 0.6 is 0 Å². The van der Waals surface area contributed by atoms with Crippen LogP contribution in [-0.4, -0.2) is 19.1 Å². The Morgan fingerprint density at radius 2 is 1.79 bits per heavy atom. The average molecular weight is 193 g/mol. The second-order valence-electron chi connectivity index (χ2n) is 3.75. The van der Waals surface area contributed by atoms with Gasteiger partial charge in [-0.2, -0.15) is 0 Å². The molecule has 0 amide bonds. The van der Waals surface area contributed by atoms with Gasteiger partial charge in [0.05, 0.1) is 0 Å². The summed E-state index contributed by atoms with van der Waals surface area (Å²) in [7, 11) is 0. The smallest absolute Gasteiger partial charge is 0.0346 e. The van der Waals surface area contributed by atoms with Crippen LogP contribution in [0.15, 0.2) is 18.2 Å².